The molecule has 2 aromatic rings. The summed E-state index contributed by atoms with van der Waals surface area (Å²) in [5.74, 6) is -0.381. The van der Waals surface area contributed by atoms with Gasteiger partial charge in [0.1, 0.15) is 12.4 Å². The SMILES string of the molecule is O=C1CCc2cccc(OCc3cccc(C(=O)O)c3)c2N1. The normalized spacial score (nSPS) is 13.2. The number of aromatic carboxylic acids is 1. The maximum atomic E-state index is 11.5. The summed E-state index contributed by atoms with van der Waals surface area (Å²) in [5, 5.41) is 11.8. The number of ether oxygens (including phenoxy) is 1. The number of anilines is 1. The second-order valence-electron chi connectivity index (χ2n) is 5.13. The van der Waals surface area contributed by atoms with Crippen molar-refractivity contribution in [2.24, 2.45) is 0 Å². The number of carbonyl (C=O) groups excluding carboxylic acids is 1. The number of fused-ring (bicyclic) bond motifs is 1. The van der Waals surface area contributed by atoms with Crippen LogP contribution in [-0.2, 0) is 17.8 Å². The third kappa shape index (κ3) is 2.93. The van der Waals surface area contributed by atoms with Crippen LogP contribution in [0.1, 0.15) is 27.9 Å². The maximum Gasteiger partial charge on any atom is 0.335 e. The van der Waals surface area contributed by atoms with E-state index in [0.717, 1.165) is 11.1 Å². The van der Waals surface area contributed by atoms with Gasteiger partial charge < -0.3 is 15.2 Å². The van der Waals surface area contributed by atoms with Crippen molar-refractivity contribution in [2.45, 2.75) is 19.4 Å². The Kier molecular flexibility index (Phi) is 3.78. The van der Waals surface area contributed by atoms with Gasteiger partial charge in [-0.1, -0.05) is 24.3 Å². The summed E-state index contributed by atoms with van der Waals surface area (Å²) < 4.78 is 5.77. The number of carboxylic acids is 1. The highest BCUT2D eigenvalue weighted by Gasteiger charge is 2.18. The fraction of sp³-hybridized carbons (Fsp3) is 0.176. The second-order valence-corrected chi connectivity index (χ2v) is 5.13. The highest BCUT2D eigenvalue weighted by Crippen LogP contribution is 2.32. The molecule has 2 N–H and O–H groups in total. The van der Waals surface area contributed by atoms with Gasteiger partial charge in [-0.25, -0.2) is 4.79 Å². The topological polar surface area (TPSA) is 75.6 Å². The van der Waals surface area contributed by atoms with Crippen LogP contribution in [-0.4, -0.2) is 17.0 Å². The van der Waals surface area contributed by atoms with E-state index in [2.05, 4.69) is 5.32 Å². The van der Waals surface area contributed by atoms with E-state index in [-0.39, 0.29) is 18.1 Å². The van der Waals surface area contributed by atoms with Crippen LogP contribution in [0.25, 0.3) is 0 Å². The number of carbonyl (C=O) groups is 2. The van der Waals surface area contributed by atoms with Crippen LogP contribution in [0.2, 0.25) is 0 Å². The lowest BCUT2D eigenvalue weighted by atomic mass is 10.0. The lowest BCUT2D eigenvalue weighted by Crippen LogP contribution is -2.19. The summed E-state index contributed by atoms with van der Waals surface area (Å²) in [6, 6.07) is 12.3. The minimum absolute atomic E-state index is 0.0172. The van der Waals surface area contributed by atoms with Gasteiger partial charge in [0, 0.05) is 6.42 Å². The quantitative estimate of drug-likeness (QED) is 0.910. The van der Waals surface area contributed by atoms with E-state index in [1.807, 2.05) is 12.1 Å². The molecular formula is C17H15NO4. The van der Waals surface area contributed by atoms with Gasteiger partial charge in [-0.3, -0.25) is 4.79 Å². The number of nitrogens with one attached hydrogen (secondary N) is 1. The third-order valence-electron chi connectivity index (χ3n) is 3.57. The zero-order chi connectivity index (χ0) is 15.5. The van der Waals surface area contributed by atoms with Crippen LogP contribution in [0.5, 0.6) is 5.75 Å². The van der Waals surface area contributed by atoms with E-state index in [9.17, 15) is 9.59 Å². The van der Waals surface area contributed by atoms with E-state index in [4.69, 9.17) is 9.84 Å². The van der Waals surface area contributed by atoms with Gasteiger partial charge in [0.05, 0.1) is 11.3 Å². The molecule has 3 rings (SSSR count). The Morgan fingerprint density at radius 2 is 2.00 bits per heavy atom. The Balaban J connectivity index is 1.79. The predicted molar refractivity (Wildman–Crippen MR) is 81.1 cm³/mol. The summed E-state index contributed by atoms with van der Waals surface area (Å²) in [6.07, 6.45) is 1.18. The summed E-state index contributed by atoms with van der Waals surface area (Å²) in [6.45, 7) is 0.243. The van der Waals surface area contributed by atoms with Gasteiger partial charge in [-0.15, -0.1) is 0 Å². The van der Waals surface area contributed by atoms with Crippen molar-refractivity contribution >= 4 is 17.6 Å². The summed E-state index contributed by atoms with van der Waals surface area (Å²) >= 11 is 0. The minimum atomic E-state index is -0.966. The Labute approximate surface area is 127 Å². The first-order valence-electron chi connectivity index (χ1n) is 7.00. The van der Waals surface area contributed by atoms with Crippen LogP contribution in [0.3, 0.4) is 0 Å². The number of aryl methyl sites for hydroxylation is 1. The Morgan fingerprint density at radius 3 is 2.82 bits per heavy atom. The zero-order valence-corrected chi connectivity index (χ0v) is 11.8. The van der Waals surface area contributed by atoms with Crippen molar-refractivity contribution < 1.29 is 19.4 Å². The fourth-order valence-electron chi connectivity index (χ4n) is 2.45. The zero-order valence-electron chi connectivity index (χ0n) is 11.8. The second kappa shape index (κ2) is 5.89. The minimum Gasteiger partial charge on any atom is -0.487 e. The maximum absolute atomic E-state index is 11.5. The largest absolute Gasteiger partial charge is 0.487 e. The van der Waals surface area contributed by atoms with E-state index in [1.165, 1.54) is 6.07 Å². The van der Waals surface area contributed by atoms with E-state index < -0.39 is 5.97 Å². The van der Waals surface area contributed by atoms with E-state index >= 15 is 0 Å². The molecule has 0 fully saturated rings. The molecule has 1 aliphatic heterocycles. The molecule has 0 saturated heterocycles. The molecule has 0 saturated carbocycles. The fourth-order valence-corrected chi connectivity index (χ4v) is 2.45. The number of benzene rings is 2. The van der Waals surface area contributed by atoms with Crippen LogP contribution < -0.4 is 10.1 Å². The molecule has 0 aromatic heterocycles. The molecule has 112 valence electrons. The Hall–Kier alpha value is -2.82. The van der Waals surface area contributed by atoms with Crippen molar-refractivity contribution in [3.05, 3.63) is 59.2 Å². The number of hydrogen-bond acceptors (Lipinski definition) is 3. The molecular weight excluding hydrogens is 282 g/mol. The lowest BCUT2D eigenvalue weighted by Gasteiger charge is -2.20. The van der Waals surface area contributed by atoms with E-state index in [1.54, 1.807) is 24.3 Å². The smallest absolute Gasteiger partial charge is 0.335 e. The molecule has 0 radical (unpaired) electrons. The number of amides is 1. The molecule has 1 amide bonds. The molecule has 22 heavy (non-hydrogen) atoms. The Bertz CT molecular complexity index is 739. The highest BCUT2D eigenvalue weighted by atomic mass is 16.5. The average Bonchev–Trinajstić information content (AvgIpc) is 2.53. The van der Waals surface area contributed by atoms with Crippen LogP contribution in [0.15, 0.2) is 42.5 Å². The standard InChI is InChI=1S/C17H15NO4/c19-15-8-7-12-4-2-6-14(16(12)18-15)22-10-11-3-1-5-13(9-11)17(20)21/h1-6,9H,7-8,10H2,(H,18,19)(H,20,21). The lowest BCUT2D eigenvalue weighted by molar-refractivity contribution is -0.116. The molecule has 0 bridgehead atoms. The number of para-hydroxylation sites is 1. The first kappa shape index (κ1) is 14.1. The van der Waals surface area contributed by atoms with Crippen molar-refractivity contribution in [1.29, 1.82) is 0 Å². The van der Waals surface area contributed by atoms with Gasteiger partial charge in [0.2, 0.25) is 5.91 Å². The van der Waals surface area contributed by atoms with Crippen LogP contribution in [0, 0.1) is 0 Å². The van der Waals surface area contributed by atoms with Crippen molar-refractivity contribution in [3.63, 3.8) is 0 Å². The number of hydrogen-bond donors (Lipinski definition) is 2. The third-order valence-corrected chi connectivity index (χ3v) is 3.57. The van der Waals surface area contributed by atoms with E-state index in [0.29, 0.717) is 24.3 Å². The molecule has 0 unspecified atom stereocenters. The molecule has 1 aliphatic rings. The molecule has 0 spiro atoms. The summed E-state index contributed by atoms with van der Waals surface area (Å²) in [4.78, 5) is 22.5. The predicted octanol–water partition coefficient (Wildman–Crippen LogP) is 2.85. The molecule has 0 atom stereocenters. The van der Waals surface area contributed by atoms with Crippen LogP contribution in [0.4, 0.5) is 5.69 Å². The van der Waals surface area contributed by atoms with Gasteiger partial charge in [0.15, 0.2) is 0 Å². The van der Waals surface area contributed by atoms with Crippen molar-refractivity contribution in [1.82, 2.24) is 0 Å². The Morgan fingerprint density at radius 1 is 1.18 bits per heavy atom. The molecule has 2 aromatic carbocycles. The first-order valence-corrected chi connectivity index (χ1v) is 7.00. The van der Waals surface area contributed by atoms with Gasteiger partial charge >= 0.3 is 5.97 Å². The number of carboxylic acid groups (broad SMARTS) is 1. The van der Waals surface area contributed by atoms with Gasteiger partial charge in [-0.05, 0) is 35.7 Å². The molecule has 1 heterocycles. The van der Waals surface area contributed by atoms with Gasteiger partial charge in [0.25, 0.3) is 0 Å². The summed E-state index contributed by atoms with van der Waals surface area (Å²) in [5.41, 5.74) is 2.76. The van der Waals surface area contributed by atoms with Crippen LogP contribution >= 0.6 is 0 Å². The summed E-state index contributed by atoms with van der Waals surface area (Å²) in [7, 11) is 0. The van der Waals surface area contributed by atoms with Crippen molar-refractivity contribution in [2.75, 3.05) is 5.32 Å². The average molecular weight is 297 g/mol. The molecule has 5 heteroatoms. The number of rotatable bonds is 4. The van der Waals surface area contributed by atoms with Gasteiger partial charge in [-0.2, -0.15) is 0 Å². The highest BCUT2D eigenvalue weighted by molar-refractivity contribution is 5.95. The first-order chi connectivity index (χ1) is 10.6. The monoisotopic (exact) mass is 297 g/mol. The molecule has 0 aliphatic carbocycles. The van der Waals surface area contributed by atoms with Crippen molar-refractivity contribution in [3.8, 4) is 5.75 Å². The molecule has 5 nitrogen and oxygen atoms in total.